The van der Waals surface area contributed by atoms with Crippen molar-refractivity contribution < 1.29 is 27.8 Å². The highest BCUT2D eigenvalue weighted by Crippen LogP contribution is 2.56. The van der Waals surface area contributed by atoms with Crippen molar-refractivity contribution in [3.63, 3.8) is 0 Å². The number of fused-ring (bicyclic) bond motifs is 3. The number of esters is 1. The third kappa shape index (κ3) is 3.08. The lowest BCUT2D eigenvalue weighted by atomic mass is 9.92. The molecule has 0 bridgehead atoms. The lowest BCUT2D eigenvalue weighted by Gasteiger charge is -2.52. The topological polar surface area (TPSA) is 81.1 Å². The molecule has 3 aliphatic heterocycles. The molecule has 1 unspecified atom stereocenters. The summed E-state index contributed by atoms with van der Waals surface area (Å²) >= 11 is 1.41. The minimum absolute atomic E-state index is 0.0932. The van der Waals surface area contributed by atoms with Crippen LogP contribution in [0, 0.1) is 11.6 Å². The van der Waals surface area contributed by atoms with E-state index in [4.69, 9.17) is 9.47 Å². The van der Waals surface area contributed by atoms with Crippen LogP contribution in [0.1, 0.15) is 46.6 Å². The smallest absolute Gasteiger partial charge is 0.308 e. The summed E-state index contributed by atoms with van der Waals surface area (Å²) < 4.78 is 42.6. The Morgan fingerprint density at radius 3 is 2.76 bits per heavy atom. The van der Waals surface area contributed by atoms with Crippen LogP contribution in [0.4, 0.5) is 8.78 Å². The van der Waals surface area contributed by atoms with E-state index >= 15 is 4.39 Å². The van der Waals surface area contributed by atoms with E-state index in [1.807, 2.05) is 29.3 Å². The fourth-order valence-corrected chi connectivity index (χ4v) is 7.14. The monoisotopic (exact) mass is 537 g/mol. The Kier molecular flexibility index (Phi) is 5.02. The van der Waals surface area contributed by atoms with Gasteiger partial charge in [0, 0.05) is 48.4 Å². The second kappa shape index (κ2) is 8.15. The van der Waals surface area contributed by atoms with Gasteiger partial charge in [-0.3, -0.25) is 24.1 Å². The molecule has 1 spiro atoms. The predicted molar refractivity (Wildman–Crippen MR) is 133 cm³/mol. The van der Waals surface area contributed by atoms with Gasteiger partial charge in [-0.05, 0) is 23.3 Å². The Morgan fingerprint density at radius 1 is 1.13 bits per heavy atom. The fraction of sp³-hybridized carbons (Fsp3) is 0.296. The Bertz CT molecular complexity index is 1610. The molecule has 1 amide bonds. The fourth-order valence-electron chi connectivity index (χ4n) is 6.03. The molecule has 1 aromatic heterocycles. The van der Waals surface area contributed by atoms with E-state index in [2.05, 4.69) is 0 Å². The summed E-state index contributed by atoms with van der Waals surface area (Å²) in [6, 6.07) is 10.9. The number of rotatable bonds is 2. The van der Waals surface area contributed by atoms with Crippen molar-refractivity contribution in [3.05, 3.63) is 92.9 Å². The summed E-state index contributed by atoms with van der Waals surface area (Å²) in [6.45, 7) is 1.72. The number of amides is 1. The maximum atomic E-state index is 15.3. The first kappa shape index (κ1) is 23.4. The highest BCUT2D eigenvalue weighted by molar-refractivity contribution is 7.98. The number of halogens is 2. The molecule has 3 aromatic rings. The molecule has 0 radical (unpaired) electrons. The van der Waals surface area contributed by atoms with Gasteiger partial charge in [0.05, 0.1) is 12.6 Å². The molecule has 1 aliphatic carbocycles. The molecular formula is C27H21F2N3O5S. The van der Waals surface area contributed by atoms with Gasteiger partial charge in [0.1, 0.15) is 6.10 Å². The Balaban J connectivity index is 1.56. The molecule has 1 saturated carbocycles. The SMILES string of the molecule is CC(=O)Oc1c2n(ccc1=O)N([C@@H]1c3ccccc3SCc3c1ccc(F)c3F)[C@@]13CC1OCCN3C2=O. The number of hydrogen-bond acceptors (Lipinski definition) is 7. The van der Waals surface area contributed by atoms with Gasteiger partial charge in [0.15, 0.2) is 23.0 Å². The summed E-state index contributed by atoms with van der Waals surface area (Å²) in [5, 5.41) is 1.92. The molecule has 2 fully saturated rings. The number of ether oxygens (including phenoxy) is 2. The van der Waals surface area contributed by atoms with Gasteiger partial charge in [-0.2, -0.15) is 0 Å². The summed E-state index contributed by atoms with van der Waals surface area (Å²) in [5.41, 5.74) is -0.0283. The summed E-state index contributed by atoms with van der Waals surface area (Å²) in [7, 11) is 0. The zero-order valence-electron chi connectivity index (χ0n) is 20.1. The number of hydrogen-bond donors (Lipinski definition) is 0. The van der Waals surface area contributed by atoms with Crippen LogP contribution in [0.3, 0.4) is 0 Å². The average molecular weight is 538 g/mol. The number of morpholine rings is 1. The number of benzene rings is 2. The van der Waals surface area contributed by atoms with E-state index in [0.29, 0.717) is 18.6 Å². The maximum Gasteiger partial charge on any atom is 0.308 e. The lowest BCUT2D eigenvalue weighted by Crippen LogP contribution is -2.68. The largest absolute Gasteiger partial charge is 0.420 e. The van der Waals surface area contributed by atoms with Crippen LogP contribution in [0.5, 0.6) is 5.75 Å². The average Bonchev–Trinajstić information content (AvgIpc) is 3.66. The van der Waals surface area contributed by atoms with Gasteiger partial charge in [0.25, 0.3) is 5.91 Å². The first-order valence-corrected chi connectivity index (χ1v) is 13.2. The predicted octanol–water partition coefficient (Wildman–Crippen LogP) is 3.34. The molecule has 8 nitrogen and oxygen atoms in total. The molecular weight excluding hydrogens is 516 g/mol. The van der Waals surface area contributed by atoms with E-state index < -0.39 is 40.6 Å². The van der Waals surface area contributed by atoms with Crippen molar-refractivity contribution >= 4 is 23.6 Å². The van der Waals surface area contributed by atoms with Crippen LogP contribution < -0.4 is 15.2 Å². The highest BCUT2D eigenvalue weighted by Gasteiger charge is 2.71. The first-order chi connectivity index (χ1) is 18.3. The Labute approximate surface area is 219 Å². The summed E-state index contributed by atoms with van der Waals surface area (Å²) in [5.74, 6) is -3.19. The van der Waals surface area contributed by atoms with Crippen molar-refractivity contribution in [2.45, 2.75) is 41.8 Å². The van der Waals surface area contributed by atoms with Crippen LogP contribution in [-0.4, -0.2) is 46.4 Å². The summed E-state index contributed by atoms with van der Waals surface area (Å²) in [6.07, 6.45) is 1.62. The van der Waals surface area contributed by atoms with Gasteiger partial charge in [0.2, 0.25) is 11.2 Å². The maximum absolute atomic E-state index is 15.3. The zero-order chi connectivity index (χ0) is 26.3. The van der Waals surface area contributed by atoms with Gasteiger partial charge >= 0.3 is 5.97 Å². The second-order valence-electron chi connectivity index (χ2n) is 9.70. The molecule has 7 rings (SSSR count). The number of carbonyl (C=O) groups is 2. The third-order valence-corrected chi connectivity index (χ3v) is 8.77. The normalized spacial score (nSPS) is 24.9. The number of nitrogens with zero attached hydrogens (tertiary/aromatic N) is 3. The van der Waals surface area contributed by atoms with Crippen LogP contribution in [0.15, 0.2) is 58.4 Å². The number of thioether (sulfide) groups is 1. The molecule has 4 aliphatic rings. The Hall–Kier alpha value is -3.70. The molecule has 0 N–H and O–H groups in total. The standard InChI is InChI=1S/C27H21F2N3O5S/c1-14(33)37-25-19(34)8-9-31-24(25)26(35)30-10-11-36-21-12-27(21,30)32(31)23-15-6-7-18(28)22(29)17(15)13-38-20-5-3-2-4-16(20)23/h2-9,21,23H,10-13H2,1H3/t21?,23-,27-/m0/s1. The van der Waals surface area contributed by atoms with Gasteiger partial charge < -0.3 is 14.4 Å². The zero-order valence-corrected chi connectivity index (χ0v) is 21.0. The minimum atomic E-state index is -0.936. The van der Waals surface area contributed by atoms with Crippen molar-refractivity contribution in [1.82, 2.24) is 9.58 Å². The highest BCUT2D eigenvalue weighted by atomic mass is 32.2. The third-order valence-electron chi connectivity index (χ3n) is 7.66. The number of aromatic nitrogens is 1. The van der Waals surface area contributed by atoms with E-state index in [1.165, 1.54) is 28.7 Å². The van der Waals surface area contributed by atoms with Crippen molar-refractivity contribution in [3.8, 4) is 5.75 Å². The molecule has 11 heteroatoms. The van der Waals surface area contributed by atoms with Crippen molar-refractivity contribution in [1.29, 1.82) is 0 Å². The molecule has 3 atom stereocenters. The summed E-state index contributed by atoms with van der Waals surface area (Å²) in [4.78, 5) is 41.2. The molecule has 38 heavy (non-hydrogen) atoms. The number of pyridine rings is 1. The van der Waals surface area contributed by atoms with E-state index in [9.17, 15) is 18.8 Å². The molecule has 2 aromatic carbocycles. The van der Waals surface area contributed by atoms with Gasteiger partial charge in [-0.1, -0.05) is 24.3 Å². The van der Waals surface area contributed by atoms with E-state index in [-0.39, 0.29) is 35.4 Å². The van der Waals surface area contributed by atoms with Gasteiger partial charge in [-0.15, -0.1) is 11.8 Å². The van der Waals surface area contributed by atoms with Crippen LogP contribution >= 0.6 is 11.8 Å². The molecule has 1 saturated heterocycles. The van der Waals surface area contributed by atoms with Crippen molar-refractivity contribution in [2.24, 2.45) is 0 Å². The van der Waals surface area contributed by atoms with E-state index in [1.54, 1.807) is 11.0 Å². The van der Waals surface area contributed by atoms with Crippen LogP contribution in [0.2, 0.25) is 0 Å². The first-order valence-electron chi connectivity index (χ1n) is 12.2. The molecule has 194 valence electrons. The van der Waals surface area contributed by atoms with Crippen LogP contribution in [0.25, 0.3) is 0 Å². The van der Waals surface area contributed by atoms with Crippen LogP contribution in [-0.2, 0) is 15.3 Å². The van der Waals surface area contributed by atoms with Gasteiger partial charge in [-0.25, -0.2) is 8.78 Å². The quantitative estimate of drug-likeness (QED) is 0.464. The van der Waals surface area contributed by atoms with E-state index in [0.717, 1.165) is 23.4 Å². The van der Waals surface area contributed by atoms with Crippen molar-refractivity contribution in [2.75, 3.05) is 18.2 Å². The minimum Gasteiger partial charge on any atom is -0.420 e. The molecule has 4 heterocycles. The second-order valence-corrected chi connectivity index (χ2v) is 10.7. The number of carbonyl (C=O) groups excluding carboxylic acids is 2. The lowest BCUT2D eigenvalue weighted by molar-refractivity contribution is -0.132. The Morgan fingerprint density at radius 2 is 1.95 bits per heavy atom.